The third kappa shape index (κ3) is 6.24. The second kappa shape index (κ2) is 10.4. The monoisotopic (exact) mass is 504 g/mol. The van der Waals surface area contributed by atoms with Gasteiger partial charge in [0, 0.05) is 48.3 Å². The van der Waals surface area contributed by atoms with Gasteiger partial charge in [0.1, 0.15) is 12.3 Å². The van der Waals surface area contributed by atoms with Crippen molar-refractivity contribution in [1.82, 2.24) is 24.4 Å². The lowest BCUT2D eigenvalue weighted by Gasteiger charge is -2.25. The second-order valence-electron chi connectivity index (χ2n) is 9.40. The molecule has 3 aromatic rings. The van der Waals surface area contributed by atoms with Crippen LogP contribution < -0.4 is 5.32 Å². The van der Waals surface area contributed by atoms with Crippen LogP contribution in [0.4, 0.5) is 5.95 Å². The number of aromatic nitrogens is 5. The summed E-state index contributed by atoms with van der Waals surface area (Å²) in [5.41, 5.74) is 3.50. The summed E-state index contributed by atoms with van der Waals surface area (Å²) in [7, 11) is -1.75. The molecule has 0 radical (unpaired) electrons. The predicted octanol–water partition coefficient (Wildman–Crippen LogP) is 1.67. The van der Waals surface area contributed by atoms with Crippen LogP contribution in [0.15, 0.2) is 24.7 Å². The Labute approximate surface area is 204 Å². The van der Waals surface area contributed by atoms with Gasteiger partial charge in [-0.15, -0.1) is 5.10 Å². The van der Waals surface area contributed by atoms with Crippen LogP contribution in [-0.4, -0.2) is 81.6 Å². The van der Waals surface area contributed by atoms with Gasteiger partial charge in [0.2, 0.25) is 5.95 Å². The van der Waals surface area contributed by atoms with Crippen LogP contribution in [0.3, 0.4) is 0 Å². The number of rotatable bonds is 10. The van der Waals surface area contributed by atoms with E-state index in [1.807, 2.05) is 11.4 Å². The van der Waals surface area contributed by atoms with Gasteiger partial charge in [0.15, 0.2) is 15.6 Å². The molecule has 4 rings (SSSR count). The second-order valence-corrected chi connectivity index (χ2v) is 11.5. The van der Waals surface area contributed by atoms with Crippen molar-refractivity contribution in [3.8, 4) is 11.1 Å². The van der Waals surface area contributed by atoms with E-state index in [2.05, 4.69) is 21.5 Å². The van der Waals surface area contributed by atoms with Gasteiger partial charge in [-0.2, -0.15) is 5.10 Å². The summed E-state index contributed by atoms with van der Waals surface area (Å²) in [4.78, 5) is 16.6. The van der Waals surface area contributed by atoms with E-state index >= 15 is 0 Å². The van der Waals surface area contributed by atoms with Crippen LogP contribution >= 0.6 is 0 Å². The smallest absolute Gasteiger partial charge is 0.241 e. The zero-order valence-corrected chi connectivity index (χ0v) is 21.0. The van der Waals surface area contributed by atoms with Gasteiger partial charge in [0.05, 0.1) is 30.6 Å². The standard InChI is InChI=1S/C23H32N6O5S/c1-15(13-34-2)26-23-24-10-22-20(8-21(29(22)27-23)16-4-6-18(30)7-5-16)17-9-25-28(11-17)12-19(31)14-35(3,32)33/h8-11,15-16,18,30H,4-7,12-14H2,1-3H3,(H,26,27)/t15-,16?,18?/m0/s1. The van der Waals surface area contributed by atoms with Gasteiger partial charge in [-0.1, -0.05) is 0 Å². The Hall–Kier alpha value is -2.83. The van der Waals surface area contributed by atoms with Crippen molar-refractivity contribution in [1.29, 1.82) is 0 Å². The summed E-state index contributed by atoms with van der Waals surface area (Å²) < 4.78 is 31.4. The maximum atomic E-state index is 12.1. The van der Waals surface area contributed by atoms with Gasteiger partial charge in [-0.3, -0.25) is 9.48 Å². The van der Waals surface area contributed by atoms with Crippen molar-refractivity contribution < 1.29 is 23.1 Å². The minimum atomic E-state index is -3.39. The molecular weight excluding hydrogens is 472 g/mol. The number of hydrogen-bond donors (Lipinski definition) is 2. The molecule has 2 N–H and O–H groups in total. The topological polar surface area (TPSA) is 141 Å². The van der Waals surface area contributed by atoms with E-state index in [4.69, 9.17) is 9.84 Å². The number of anilines is 1. The van der Waals surface area contributed by atoms with Crippen LogP contribution in [0.25, 0.3) is 16.6 Å². The Morgan fingerprint density at radius 2 is 2.03 bits per heavy atom. The molecule has 35 heavy (non-hydrogen) atoms. The molecule has 0 saturated heterocycles. The zero-order valence-electron chi connectivity index (χ0n) is 20.2. The van der Waals surface area contributed by atoms with Crippen molar-refractivity contribution in [2.45, 2.75) is 57.2 Å². The summed E-state index contributed by atoms with van der Waals surface area (Å²) >= 11 is 0. The van der Waals surface area contributed by atoms with Gasteiger partial charge >= 0.3 is 0 Å². The fraction of sp³-hybridized carbons (Fsp3) is 0.565. The molecule has 1 aliphatic carbocycles. The summed E-state index contributed by atoms with van der Waals surface area (Å²) in [5, 5.41) is 22.3. The highest BCUT2D eigenvalue weighted by Gasteiger charge is 2.26. The molecule has 0 unspecified atom stereocenters. The number of nitrogens with one attached hydrogen (secondary N) is 1. The number of carbonyl (C=O) groups excluding carboxylic acids is 1. The molecule has 0 spiro atoms. The summed E-state index contributed by atoms with van der Waals surface area (Å²) in [6.07, 6.45) is 9.14. The lowest BCUT2D eigenvalue weighted by Crippen LogP contribution is -2.23. The van der Waals surface area contributed by atoms with Crippen LogP contribution in [0.5, 0.6) is 0 Å². The van der Waals surface area contributed by atoms with Crippen molar-refractivity contribution in [3.05, 3.63) is 30.4 Å². The van der Waals surface area contributed by atoms with Crippen LogP contribution in [0.2, 0.25) is 0 Å². The quantitative estimate of drug-likeness (QED) is 0.422. The van der Waals surface area contributed by atoms with E-state index in [0.29, 0.717) is 12.6 Å². The van der Waals surface area contributed by atoms with Gasteiger partial charge in [0.25, 0.3) is 0 Å². The minimum absolute atomic E-state index is 0.0310. The maximum Gasteiger partial charge on any atom is 0.241 e. The Morgan fingerprint density at radius 1 is 1.29 bits per heavy atom. The molecule has 3 heterocycles. The molecule has 1 saturated carbocycles. The highest BCUT2D eigenvalue weighted by Crippen LogP contribution is 2.37. The average Bonchev–Trinajstić information content (AvgIpc) is 3.37. The SMILES string of the molecule is COC[C@H](C)Nc1ncc2c(-c3cnn(CC(=O)CS(C)(=O)=O)c3)cc(C3CCC(O)CC3)n2n1. The first-order chi connectivity index (χ1) is 16.6. The molecule has 190 valence electrons. The Kier molecular flexibility index (Phi) is 7.53. The third-order valence-electron chi connectivity index (χ3n) is 6.16. The summed E-state index contributed by atoms with van der Waals surface area (Å²) in [6.45, 7) is 2.39. The van der Waals surface area contributed by atoms with Gasteiger partial charge in [-0.25, -0.2) is 17.9 Å². The summed E-state index contributed by atoms with van der Waals surface area (Å²) in [6, 6.07) is 2.11. The minimum Gasteiger partial charge on any atom is -0.393 e. The fourth-order valence-corrected chi connectivity index (χ4v) is 5.27. The maximum absolute atomic E-state index is 12.1. The number of aliphatic hydroxyl groups is 1. The first kappa shape index (κ1) is 25.3. The molecule has 0 amide bonds. The van der Waals surface area contributed by atoms with Crippen LogP contribution in [-0.2, 0) is 25.9 Å². The van der Waals surface area contributed by atoms with Crippen molar-refractivity contribution in [2.24, 2.45) is 0 Å². The summed E-state index contributed by atoms with van der Waals surface area (Å²) in [5.74, 6) is -0.205. The fourth-order valence-electron chi connectivity index (χ4n) is 4.59. The highest BCUT2D eigenvalue weighted by molar-refractivity contribution is 7.91. The van der Waals surface area contributed by atoms with Crippen LogP contribution in [0.1, 0.15) is 44.2 Å². The van der Waals surface area contributed by atoms with Crippen LogP contribution in [0, 0.1) is 0 Å². The molecule has 0 aliphatic heterocycles. The molecule has 1 fully saturated rings. The number of Topliss-reactive ketones (excluding diaryl/α,β-unsaturated/α-hetero) is 1. The predicted molar refractivity (Wildman–Crippen MR) is 131 cm³/mol. The number of hydrogen-bond acceptors (Lipinski definition) is 9. The highest BCUT2D eigenvalue weighted by atomic mass is 32.2. The van der Waals surface area contributed by atoms with Crippen molar-refractivity contribution in [2.75, 3.05) is 31.0 Å². The average molecular weight is 505 g/mol. The lowest BCUT2D eigenvalue weighted by atomic mass is 9.85. The molecule has 12 heteroatoms. The first-order valence-corrected chi connectivity index (χ1v) is 13.7. The first-order valence-electron chi connectivity index (χ1n) is 11.7. The van der Waals surface area contributed by atoms with E-state index in [1.54, 1.807) is 25.7 Å². The molecule has 1 aliphatic rings. The number of carbonyl (C=O) groups is 1. The van der Waals surface area contributed by atoms with E-state index in [-0.39, 0.29) is 24.6 Å². The third-order valence-corrected chi connectivity index (χ3v) is 7.00. The molecule has 0 bridgehead atoms. The van der Waals surface area contributed by atoms with E-state index in [9.17, 15) is 18.3 Å². The number of nitrogens with zero attached hydrogens (tertiary/aromatic N) is 5. The molecule has 3 aromatic heterocycles. The largest absolute Gasteiger partial charge is 0.393 e. The van der Waals surface area contributed by atoms with Gasteiger partial charge < -0.3 is 15.2 Å². The Balaban J connectivity index is 1.67. The Morgan fingerprint density at radius 3 is 2.71 bits per heavy atom. The van der Waals surface area contributed by atoms with Gasteiger partial charge in [-0.05, 0) is 38.7 Å². The number of ketones is 1. The molecule has 0 aromatic carbocycles. The number of methoxy groups -OCH3 is 1. The number of ether oxygens (including phenoxy) is 1. The zero-order chi connectivity index (χ0) is 25.2. The molecular formula is C23H32N6O5S. The van der Waals surface area contributed by atoms with Crippen molar-refractivity contribution in [3.63, 3.8) is 0 Å². The Bertz CT molecular complexity index is 1290. The van der Waals surface area contributed by atoms with E-state index in [0.717, 1.165) is 54.3 Å². The van der Waals surface area contributed by atoms with Crippen molar-refractivity contribution >= 4 is 27.1 Å². The lowest BCUT2D eigenvalue weighted by molar-refractivity contribution is -0.117. The number of sulfone groups is 1. The van der Waals surface area contributed by atoms with E-state index < -0.39 is 21.4 Å². The number of aliphatic hydroxyl groups excluding tert-OH is 1. The molecule has 1 atom stereocenters. The normalized spacial score (nSPS) is 19.7. The molecule has 11 nitrogen and oxygen atoms in total. The van der Waals surface area contributed by atoms with E-state index in [1.165, 1.54) is 4.68 Å². The number of fused-ring (bicyclic) bond motifs is 1.